The normalized spacial score (nSPS) is 16.6. The molecule has 0 amide bonds. The third-order valence-corrected chi connectivity index (χ3v) is 4.65. The molecule has 0 saturated heterocycles. The number of rotatable bonds is 0. The van der Waals surface area contributed by atoms with Crippen LogP contribution in [0.3, 0.4) is 0 Å². The number of benzene rings is 2. The van der Waals surface area contributed by atoms with Gasteiger partial charge in [-0.25, -0.2) is 0 Å². The highest BCUT2D eigenvalue weighted by Gasteiger charge is 2.23. The average Bonchev–Trinajstić information content (AvgIpc) is 2.73. The van der Waals surface area contributed by atoms with Gasteiger partial charge in [0.1, 0.15) is 0 Å². The quantitative estimate of drug-likeness (QED) is 0.480. The molecule has 0 unspecified atom stereocenters. The highest BCUT2D eigenvalue weighted by atomic mass is 16.5. The lowest BCUT2D eigenvalue weighted by atomic mass is 9.92. The zero-order valence-corrected chi connectivity index (χ0v) is 13.2. The molecule has 1 aromatic heterocycles. The zero-order valence-electron chi connectivity index (χ0n) is 13.2. The molecule has 1 aliphatic heterocycles. The van der Waals surface area contributed by atoms with E-state index in [-0.39, 0.29) is 5.41 Å². The van der Waals surface area contributed by atoms with Crippen LogP contribution >= 0.6 is 0 Å². The predicted molar refractivity (Wildman–Crippen MR) is 94.5 cm³/mol. The Morgan fingerprint density at radius 3 is 2.70 bits per heavy atom. The number of nitrogens with zero attached hydrogens (tertiary/aromatic N) is 1. The van der Waals surface area contributed by atoms with E-state index >= 15 is 0 Å². The van der Waals surface area contributed by atoms with Crippen molar-refractivity contribution in [3.63, 3.8) is 0 Å². The van der Waals surface area contributed by atoms with Crippen molar-refractivity contribution >= 4 is 23.1 Å². The summed E-state index contributed by atoms with van der Waals surface area (Å²) in [5.74, 6) is 1.84. The van der Waals surface area contributed by atoms with Crippen LogP contribution in [0.5, 0.6) is 11.5 Å². The zero-order chi connectivity index (χ0) is 15.6. The Labute approximate surface area is 134 Å². The van der Waals surface area contributed by atoms with Crippen molar-refractivity contribution in [2.24, 2.45) is 5.41 Å². The van der Waals surface area contributed by atoms with Crippen molar-refractivity contribution in [2.75, 3.05) is 0 Å². The maximum Gasteiger partial charge on any atom is 0.152 e. The summed E-state index contributed by atoms with van der Waals surface area (Å²) in [6.07, 6.45) is 9.00. The van der Waals surface area contributed by atoms with Gasteiger partial charge in [0, 0.05) is 16.0 Å². The third kappa shape index (κ3) is 1.69. The molecule has 2 aliphatic rings. The van der Waals surface area contributed by atoms with Gasteiger partial charge in [0.05, 0.1) is 16.6 Å². The molecule has 2 aromatic carbocycles. The van der Waals surface area contributed by atoms with Gasteiger partial charge in [-0.15, -0.1) is 0 Å². The Morgan fingerprint density at radius 1 is 0.957 bits per heavy atom. The van der Waals surface area contributed by atoms with Crippen LogP contribution in [-0.2, 0) is 0 Å². The second-order valence-corrected chi connectivity index (χ2v) is 6.85. The molecule has 0 saturated carbocycles. The first-order chi connectivity index (χ1) is 11.1. The summed E-state index contributed by atoms with van der Waals surface area (Å²) < 4.78 is 8.48. The topological polar surface area (TPSA) is 14.2 Å². The van der Waals surface area contributed by atoms with Crippen LogP contribution in [0.4, 0.5) is 0 Å². The van der Waals surface area contributed by atoms with Gasteiger partial charge in [-0.05, 0) is 24.3 Å². The molecule has 5 rings (SSSR count). The lowest BCUT2D eigenvalue weighted by Crippen LogP contribution is -2.29. The largest absolute Gasteiger partial charge is 0.453 e. The molecule has 0 spiro atoms. The fraction of sp³-hybridized carbons (Fsp3) is 0.143. The predicted octanol–water partition coefficient (Wildman–Crippen LogP) is 3.89. The van der Waals surface area contributed by atoms with Gasteiger partial charge in [-0.2, -0.15) is 0 Å². The van der Waals surface area contributed by atoms with E-state index in [1.165, 1.54) is 16.0 Å². The molecule has 112 valence electrons. The van der Waals surface area contributed by atoms with E-state index in [1.807, 2.05) is 12.1 Å². The van der Waals surface area contributed by atoms with Crippen molar-refractivity contribution in [2.45, 2.75) is 13.8 Å². The highest BCUT2D eigenvalue weighted by Crippen LogP contribution is 2.38. The van der Waals surface area contributed by atoms with E-state index in [0.717, 1.165) is 22.7 Å². The van der Waals surface area contributed by atoms with Gasteiger partial charge >= 0.3 is 0 Å². The molecule has 1 aliphatic carbocycles. The Kier molecular flexibility index (Phi) is 2.31. The first-order valence-electron chi connectivity index (χ1n) is 7.97. The molecule has 2 nitrogen and oxygen atoms in total. The summed E-state index contributed by atoms with van der Waals surface area (Å²) in [6, 6.07) is 14.6. The van der Waals surface area contributed by atoms with Gasteiger partial charge in [0.2, 0.25) is 0 Å². The SMILES string of the molecule is CC1(C)C=CC=c2c(c3cccc4c3n2-c2ccccc2O4)=C1. The summed E-state index contributed by atoms with van der Waals surface area (Å²) in [6.45, 7) is 4.48. The number of para-hydroxylation sites is 3. The molecule has 0 bridgehead atoms. The molecule has 0 N–H and O–H groups in total. The molecule has 0 fully saturated rings. The highest BCUT2D eigenvalue weighted by molar-refractivity contribution is 5.91. The molecule has 2 heterocycles. The minimum Gasteiger partial charge on any atom is -0.453 e. The molecule has 3 aromatic rings. The van der Waals surface area contributed by atoms with E-state index < -0.39 is 0 Å². The number of fused-ring (bicyclic) bond motifs is 5. The van der Waals surface area contributed by atoms with Crippen LogP contribution in [0, 0.1) is 5.41 Å². The summed E-state index contributed by atoms with van der Waals surface area (Å²) in [5, 5.41) is 3.77. The van der Waals surface area contributed by atoms with Crippen molar-refractivity contribution in [3.8, 4) is 17.2 Å². The lowest BCUT2D eigenvalue weighted by molar-refractivity contribution is 0.475. The van der Waals surface area contributed by atoms with E-state index in [1.54, 1.807) is 0 Å². The van der Waals surface area contributed by atoms with Crippen molar-refractivity contribution < 1.29 is 4.74 Å². The fourth-order valence-corrected chi connectivity index (χ4v) is 3.65. The van der Waals surface area contributed by atoms with Crippen LogP contribution in [-0.4, -0.2) is 4.57 Å². The van der Waals surface area contributed by atoms with E-state index in [2.05, 4.69) is 73.1 Å². The van der Waals surface area contributed by atoms with Crippen LogP contribution < -0.4 is 15.3 Å². The minimum absolute atomic E-state index is 0.0330. The van der Waals surface area contributed by atoms with Crippen molar-refractivity contribution in [3.05, 3.63) is 65.2 Å². The third-order valence-electron chi connectivity index (χ3n) is 4.65. The molecular weight excluding hydrogens is 282 g/mol. The van der Waals surface area contributed by atoms with Gasteiger partial charge in [0.25, 0.3) is 0 Å². The second-order valence-electron chi connectivity index (χ2n) is 6.85. The average molecular weight is 299 g/mol. The summed E-state index contributed by atoms with van der Waals surface area (Å²) in [7, 11) is 0. The maximum absolute atomic E-state index is 6.14. The van der Waals surface area contributed by atoms with Gasteiger partial charge in [0.15, 0.2) is 11.5 Å². The van der Waals surface area contributed by atoms with Gasteiger partial charge in [-0.1, -0.05) is 56.3 Å². The van der Waals surface area contributed by atoms with Crippen molar-refractivity contribution in [1.82, 2.24) is 4.57 Å². The number of allylic oxidation sites excluding steroid dienone is 2. The van der Waals surface area contributed by atoms with E-state index in [0.29, 0.717) is 0 Å². The molecular formula is C21H17NO. The number of hydrogen-bond acceptors (Lipinski definition) is 1. The molecule has 0 radical (unpaired) electrons. The van der Waals surface area contributed by atoms with E-state index in [4.69, 9.17) is 4.74 Å². The summed E-state index contributed by atoms with van der Waals surface area (Å²) >= 11 is 0. The number of ether oxygens (including phenoxy) is 1. The number of aromatic nitrogens is 1. The van der Waals surface area contributed by atoms with E-state index in [9.17, 15) is 0 Å². The fourth-order valence-electron chi connectivity index (χ4n) is 3.65. The van der Waals surface area contributed by atoms with Crippen LogP contribution in [0.15, 0.2) is 54.6 Å². The van der Waals surface area contributed by atoms with Crippen molar-refractivity contribution in [1.29, 1.82) is 0 Å². The Hall–Kier alpha value is -2.74. The molecule has 2 heteroatoms. The Balaban J connectivity index is 2.08. The monoisotopic (exact) mass is 299 g/mol. The smallest absolute Gasteiger partial charge is 0.152 e. The van der Waals surface area contributed by atoms with Gasteiger partial charge in [-0.3, -0.25) is 0 Å². The first-order valence-corrected chi connectivity index (χ1v) is 7.97. The van der Waals surface area contributed by atoms with Crippen LogP contribution in [0.2, 0.25) is 0 Å². The molecule has 23 heavy (non-hydrogen) atoms. The van der Waals surface area contributed by atoms with Crippen LogP contribution in [0.25, 0.3) is 28.7 Å². The minimum atomic E-state index is 0.0330. The van der Waals surface area contributed by atoms with Crippen LogP contribution in [0.1, 0.15) is 13.8 Å². The standard InChI is InChI=1S/C21H17NO/c1-21(2)12-6-9-16-15(13-21)14-7-5-11-19-20(14)22(16)17-8-3-4-10-18(17)23-19/h3-13H,1-2H3. The van der Waals surface area contributed by atoms with Gasteiger partial charge < -0.3 is 9.30 Å². The first kappa shape index (κ1) is 12.8. The molecule has 0 atom stereocenters. The Morgan fingerprint density at radius 2 is 1.78 bits per heavy atom. The summed E-state index contributed by atoms with van der Waals surface area (Å²) in [5.41, 5.74) is 2.30. The second kappa shape index (κ2) is 4.17. The maximum atomic E-state index is 6.14. The number of hydrogen-bond donors (Lipinski definition) is 0. The Bertz CT molecular complexity index is 1110. The lowest BCUT2D eigenvalue weighted by Gasteiger charge is -2.20. The summed E-state index contributed by atoms with van der Waals surface area (Å²) in [4.78, 5) is 0.